The molecule has 1 fully saturated rings. The van der Waals surface area contributed by atoms with Crippen LogP contribution >= 0.6 is 0 Å². The molecule has 2 aromatic rings. The van der Waals surface area contributed by atoms with Crippen LogP contribution in [0.5, 0.6) is 11.5 Å². The number of hydrogen-bond acceptors (Lipinski definition) is 6. The number of H-pyrrole nitrogens is 1. The van der Waals surface area contributed by atoms with Crippen LogP contribution in [-0.2, 0) is 9.53 Å². The van der Waals surface area contributed by atoms with Gasteiger partial charge in [0.1, 0.15) is 17.2 Å². The Kier molecular flexibility index (Phi) is 7.48. The van der Waals surface area contributed by atoms with E-state index in [1.54, 1.807) is 36.3 Å². The summed E-state index contributed by atoms with van der Waals surface area (Å²) in [6.45, 7) is 1.48. The summed E-state index contributed by atoms with van der Waals surface area (Å²) in [5.74, 6) is 0.497. The summed E-state index contributed by atoms with van der Waals surface area (Å²) in [6.07, 6.45) is 4.09. The second kappa shape index (κ2) is 10.5. The van der Waals surface area contributed by atoms with Crippen molar-refractivity contribution in [2.24, 2.45) is 0 Å². The molecule has 1 amide bonds. The first-order valence-electron chi connectivity index (χ1n) is 10.00. The lowest BCUT2D eigenvalue weighted by atomic mass is 10.2. The second-order valence-electron chi connectivity index (χ2n) is 7.01. The highest BCUT2D eigenvalue weighted by Gasteiger charge is 2.22. The van der Waals surface area contributed by atoms with Crippen LogP contribution in [0.1, 0.15) is 46.5 Å². The summed E-state index contributed by atoms with van der Waals surface area (Å²) in [5, 5.41) is 0. The molecule has 0 aliphatic carbocycles. The highest BCUT2D eigenvalue weighted by atomic mass is 16.5. The van der Waals surface area contributed by atoms with Crippen molar-refractivity contribution in [1.82, 2.24) is 9.88 Å². The van der Waals surface area contributed by atoms with Gasteiger partial charge in [-0.1, -0.05) is 0 Å². The Bertz CT molecular complexity index is 868. The minimum Gasteiger partial charge on any atom is -0.497 e. The molecule has 8 heteroatoms. The molecule has 1 aliphatic rings. The van der Waals surface area contributed by atoms with Gasteiger partial charge in [0.25, 0.3) is 5.91 Å². The lowest BCUT2D eigenvalue weighted by molar-refractivity contribution is -0.142. The summed E-state index contributed by atoms with van der Waals surface area (Å²) >= 11 is 0. The number of aromatic nitrogens is 1. The molecule has 0 radical (unpaired) electrons. The number of amides is 1. The van der Waals surface area contributed by atoms with Crippen molar-refractivity contribution in [3.63, 3.8) is 0 Å². The van der Waals surface area contributed by atoms with Crippen LogP contribution < -0.4 is 9.47 Å². The number of rotatable bonds is 10. The first-order chi connectivity index (χ1) is 14.6. The Morgan fingerprint density at radius 2 is 1.77 bits per heavy atom. The molecule has 1 N–H and O–H groups in total. The summed E-state index contributed by atoms with van der Waals surface area (Å²) in [5.41, 5.74) is 0.704. The number of ketones is 1. The summed E-state index contributed by atoms with van der Waals surface area (Å²) in [6, 6.07) is 8.67. The molecule has 8 nitrogen and oxygen atoms in total. The number of esters is 1. The van der Waals surface area contributed by atoms with E-state index in [1.165, 1.54) is 12.3 Å². The lowest BCUT2D eigenvalue weighted by Gasteiger charge is -2.13. The van der Waals surface area contributed by atoms with Gasteiger partial charge in [-0.15, -0.1) is 0 Å². The van der Waals surface area contributed by atoms with E-state index in [4.69, 9.17) is 14.2 Å². The van der Waals surface area contributed by atoms with Gasteiger partial charge >= 0.3 is 5.97 Å². The van der Waals surface area contributed by atoms with E-state index in [-0.39, 0.29) is 24.7 Å². The van der Waals surface area contributed by atoms with Crippen LogP contribution in [0.2, 0.25) is 0 Å². The topological polar surface area (TPSA) is 97.9 Å². The SMILES string of the molecule is COc1ccc(OCCCC(=O)OCC(=O)c2c[nH]c(C(=O)N3CCCC3)c2)cc1. The van der Waals surface area contributed by atoms with Gasteiger partial charge in [-0.05, 0) is 49.6 Å². The lowest BCUT2D eigenvalue weighted by Crippen LogP contribution is -2.27. The normalized spacial score (nSPS) is 13.2. The maximum Gasteiger partial charge on any atom is 0.306 e. The number of hydrogen-bond donors (Lipinski definition) is 1. The van der Waals surface area contributed by atoms with E-state index in [2.05, 4.69) is 4.98 Å². The van der Waals surface area contributed by atoms with E-state index in [9.17, 15) is 14.4 Å². The average molecular weight is 414 g/mol. The van der Waals surface area contributed by atoms with Gasteiger partial charge in [0.2, 0.25) is 5.78 Å². The van der Waals surface area contributed by atoms with Crippen LogP contribution in [0.3, 0.4) is 0 Å². The molecule has 0 unspecified atom stereocenters. The predicted molar refractivity (Wildman–Crippen MR) is 109 cm³/mol. The molecule has 0 atom stereocenters. The average Bonchev–Trinajstić information content (AvgIpc) is 3.47. The minimum atomic E-state index is -0.467. The predicted octanol–water partition coefficient (Wildman–Crippen LogP) is 2.84. The first kappa shape index (κ1) is 21.4. The Hall–Kier alpha value is -3.29. The summed E-state index contributed by atoms with van der Waals surface area (Å²) < 4.78 is 15.7. The van der Waals surface area contributed by atoms with Crippen LogP contribution in [0.15, 0.2) is 36.5 Å². The van der Waals surface area contributed by atoms with Crippen LogP contribution in [0.25, 0.3) is 0 Å². The molecule has 0 spiro atoms. The fraction of sp³-hybridized carbons (Fsp3) is 0.409. The standard InChI is InChI=1S/C22H26N2O6/c1-28-17-6-8-18(9-7-17)29-12-4-5-21(26)30-15-20(25)16-13-19(23-14-16)22(27)24-10-2-3-11-24/h6-9,13-14,23H,2-5,10-12,15H2,1H3. The number of benzene rings is 1. The molecule has 1 saturated heterocycles. The number of methoxy groups -OCH3 is 1. The maximum absolute atomic E-state index is 12.3. The molecule has 0 saturated carbocycles. The zero-order chi connectivity index (χ0) is 21.3. The molecular formula is C22H26N2O6. The maximum atomic E-state index is 12.3. The fourth-order valence-corrected chi connectivity index (χ4v) is 3.15. The Morgan fingerprint density at radius 1 is 1.07 bits per heavy atom. The van der Waals surface area contributed by atoms with Crippen LogP contribution in [0, 0.1) is 0 Å². The van der Waals surface area contributed by atoms with Crippen molar-refractivity contribution in [2.45, 2.75) is 25.7 Å². The molecule has 1 aromatic heterocycles. The number of likely N-dealkylation sites (tertiary alicyclic amines) is 1. The van der Waals surface area contributed by atoms with E-state index in [1.807, 2.05) is 0 Å². The summed E-state index contributed by atoms with van der Waals surface area (Å²) in [4.78, 5) is 41.0. The quantitative estimate of drug-likeness (QED) is 0.365. The highest BCUT2D eigenvalue weighted by Crippen LogP contribution is 2.17. The van der Waals surface area contributed by atoms with Gasteiger partial charge in [-0.25, -0.2) is 0 Å². The molecule has 1 aliphatic heterocycles. The van der Waals surface area contributed by atoms with Gasteiger partial charge in [0, 0.05) is 31.3 Å². The number of carbonyl (C=O) groups is 3. The number of carbonyl (C=O) groups excluding carboxylic acids is 3. The van der Waals surface area contributed by atoms with Crippen molar-refractivity contribution in [3.8, 4) is 11.5 Å². The third-order valence-electron chi connectivity index (χ3n) is 4.85. The number of nitrogens with one attached hydrogen (secondary N) is 1. The van der Waals surface area contributed by atoms with E-state index in [0.29, 0.717) is 30.0 Å². The largest absolute Gasteiger partial charge is 0.497 e. The molecular weight excluding hydrogens is 388 g/mol. The Morgan fingerprint density at radius 3 is 2.47 bits per heavy atom. The van der Waals surface area contributed by atoms with Crippen molar-refractivity contribution in [2.75, 3.05) is 33.4 Å². The van der Waals surface area contributed by atoms with E-state index in [0.717, 1.165) is 31.7 Å². The highest BCUT2D eigenvalue weighted by molar-refractivity contribution is 6.01. The third-order valence-corrected chi connectivity index (χ3v) is 4.85. The molecule has 160 valence electrons. The Balaban J connectivity index is 1.35. The molecule has 30 heavy (non-hydrogen) atoms. The van der Waals surface area contributed by atoms with Gasteiger partial charge in [0.15, 0.2) is 6.61 Å². The fourth-order valence-electron chi connectivity index (χ4n) is 3.15. The van der Waals surface area contributed by atoms with E-state index < -0.39 is 5.97 Å². The zero-order valence-corrected chi connectivity index (χ0v) is 17.0. The number of aromatic amines is 1. The number of nitrogens with zero attached hydrogens (tertiary/aromatic N) is 1. The molecule has 0 bridgehead atoms. The van der Waals surface area contributed by atoms with Crippen LogP contribution in [0.4, 0.5) is 0 Å². The minimum absolute atomic E-state index is 0.111. The van der Waals surface area contributed by atoms with Gasteiger partial charge < -0.3 is 24.1 Å². The molecule has 2 heterocycles. The van der Waals surface area contributed by atoms with Crippen LogP contribution in [-0.4, -0.2) is 61.0 Å². The third kappa shape index (κ3) is 5.85. The number of ether oxygens (including phenoxy) is 3. The first-order valence-corrected chi connectivity index (χ1v) is 10.00. The molecule has 1 aromatic carbocycles. The monoisotopic (exact) mass is 414 g/mol. The van der Waals surface area contributed by atoms with Gasteiger partial charge in [-0.3, -0.25) is 14.4 Å². The second-order valence-corrected chi connectivity index (χ2v) is 7.01. The smallest absolute Gasteiger partial charge is 0.306 e. The van der Waals surface area contributed by atoms with Crippen molar-refractivity contribution in [3.05, 3.63) is 47.8 Å². The van der Waals surface area contributed by atoms with Crippen molar-refractivity contribution >= 4 is 17.7 Å². The summed E-state index contributed by atoms with van der Waals surface area (Å²) in [7, 11) is 1.59. The van der Waals surface area contributed by atoms with Crippen molar-refractivity contribution < 1.29 is 28.6 Å². The molecule has 3 rings (SSSR count). The number of Topliss-reactive ketones (excluding diaryl/α,β-unsaturated/α-hetero) is 1. The zero-order valence-electron chi connectivity index (χ0n) is 17.0. The van der Waals surface area contributed by atoms with Gasteiger partial charge in [0.05, 0.1) is 13.7 Å². The van der Waals surface area contributed by atoms with Gasteiger partial charge in [-0.2, -0.15) is 0 Å². The van der Waals surface area contributed by atoms with Crippen molar-refractivity contribution in [1.29, 1.82) is 0 Å². The Labute approximate surface area is 175 Å². The van der Waals surface area contributed by atoms with E-state index >= 15 is 0 Å².